The van der Waals surface area contributed by atoms with Gasteiger partial charge in [0.05, 0.1) is 11.1 Å². The smallest absolute Gasteiger partial charge is 0.261 e. The van der Waals surface area contributed by atoms with Crippen molar-refractivity contribution >= 4 is 17.7 Å². The molecule has 0 unspecified atom stereocenters. The van der Waals surface area contributed by atoms with E-state index in [1.807, 2.05) is 19.1 Å². The molecule has 0 saturated carbocycles. The highest BCUT2D eigenvalue weighted by molar-refractivity contribution is 6.21. The number of imide groups is 1. The van der Waals surface area contributed by atoms with E-state index in [1.54, 1.807) is 42.5 Å². The number of fused-ring (bicyclic) bond motifs is 1. The highest BCUT2D eigenvalue weighted by Gasteiger charge is 2.35. The second-order valence-electron chi connectivity index (χ2n) is 6.17. The van der Waals surface area contributed by atoms with Gasteiger partial charge in [-0.1, -0.05) is 11.6 Å². The van der Waals surface area contributed by atoms with Crippen molar-refractivity contribution in [2.24, 2.45) is 0 Å². The van der Waals surface area contributed by atoms with Gasteiger partial charge in [-0.25, -0.2) is 0 Å². The number of aryl methyl sites for hydroxylation is 1. The van der Waals surface area contributed by atoms with Crippen LogP contribution in [0.25, 0.3) is 0 Å². The highest BCUT2D eigenvalue weighted by atomic mass is 16.2. The molecule has 0 saturated heterocycles. The van der Waals surface area contributed by atoms with Crippen molar-refractivity contribution < 1.29 is 14.4 Å². The van der Waals surface area contributed by atoms with Gasteiger partial charge in [-0.05, 0) is 36.8 Å². The highest BCUT2D eigenvalue weighted by Crippen LogP contribution is 2.24. The second-order valence-corrected chi connectivity index (χ2v) is 6.17. The molecule has 0 bridgehead atoms. The van der Waals surface area contributed by atoms with Gasteiger partial charge in [0.1, 0.15) is 0 Å². The Labute approximate surface area is 146 Å². The van der Waals surface area contributed by atoms with Crippen molar-refractivity contribution in [3.05, 3.63) is 65.0 Å². The predicted molar refractivity (Wildman–Crippen MR) is 91.9 cm³/mol. The Balaban J connectivity index is 1.61. The van der Waals surface area contributed by atoms with E-state index in [-0.39, 0.29) is 30.7 Å². The molecule has 6 heteroatoms. The molecule has 0 radical (unpaired) electrons. The first-order chi connectivity index (χ1) is 12.0. The minimum absolute atomic E-state index is 0.0882. The maximum atomic E-state index is 12.4. The molecule has 3 amide bonds. The maximum Gasteiger partial charge on any atom is 0.261 e. The Bertz CT molecular complexity index is 833. The lowest BCUT2D eigenvalue weighted by Gasteiger charge is -2.19. The lowest BCUT2D eigenvalue weighted by molar-refractivity contribution is -0.130. The topological polar surface area (TPSA) is 70.6 Å². The van der Waals surface area contributed by atoms with Gasteiger partial charge in [0.2, 0.25) is 5.91 Å². The average Bonchev–Trinajstić information content (AvgIpc) is 2.84. The normalized spacial score (nSPS) is 13.1. The summed E-state index contributed by atoms with van der Waals surface area (Å²) >= 11 is 0. The zero-order chi connectivity index (χ0) is 18.0. The number of carbonyl (C=O) groups is 3. The van der Waals surface area contributed by atoms with Gasteiger partial charge in [-0.15, -0.1) is 0 Å². The SMILES string of the molecule is Cc1ccc2c(c1)C(=O)N(CCC(=O)N(C)Cc1ccncc1)C2=O. The van der Waals surface area contributed by atoms with Gasteiger partial charge in [0.15, 0.2) is 0 Å². The van der Waals surface area contributed by atoms with Crippen LogP contribution in [-0.4, -0.2) is 46.1 Å². The molecular weight excluding hydrogens is 318 g/mol. The summed E-state index contributed by atoms with van der Waals surface area (Å²) in [6.45, 7) is 2.42. The van der Waals surface area contributed by atoms with Crippen molar-refractivity contribution in [1.82, 2.24) is 14.8 Å². The van der Waals surface area contributed by atoms with E-state index >= 15 is 0 Å². The fraction of sp³-hybridized carbons (Fsp3) is 0.263. The summed E-state index contributed by atoms with van der Waals surface area (Å²) in [7, 11) is 1.70. The molecule has 3 rings (SSSR count). The van der Waals surface area contributed by atoms with Crippen LogP contribution in [0.5, 0.6) is 0 Å². The number of nitrogens with zero attached hydrogens (tertiary/aromatic N) is 3. The molecule has 25 heavy (non-hydrogen) atoms. The van der Waals surface area contributed by atoms with Gasteiger partial charge in [0.25, 0.3) is 11.8 Å². The number of hydrogen-bond donors (Lipinski definition) is 0. The van der Waals surface area contributed by atoms with Crippen molar-refractivity contribution in [1.29, 1.82) is 0 Å². The first-order valence-electron chi connectivity index (χ1n) is 8.07. The minimum atomic E-state index is -0.329. The number of amides is 3. The molecule has 0 fully saturated rings. The Morgan fingerprint density at radius 2 is 1.76 bits per heavy atom. The Morgan fingerprint density at radius 1 is 1.08 bits per heavy atom. The monoisotopic (exact) mass is 337 g/mol. The average molecular weight is 337 g/mol. The van der Waals surface area contributed by atoms with E-state index in [1.165, 1.54) is 0 Å². The third-order valence-corrected chi connectivity index (χ3v) is 4.27. The molecule has 0 spiro atoms. The van der Waals surface area contributed by atoms with Crippen molar-refractivity contribution in [2.45, 2.75) is 19.9 Å². The zero-order valence-corrected chi connectivity index (χ0v) is 14.2. The fourth-order valence-corrected chi connectivity index (χ4v) is 2.86. The largest absolute Gasteiger partial charge is 0.341 e. The third-order valence-electron chi connectivity index (χ3n) is 4.27. The molecule has 1 aliphatic heterocycles. The van der Waals surface area contributed by atoms with Gasteiger partial charge in [-0.3, -0.25) is 24.3 Å². The summed E-state index contributed by atoms with van der Waals surface area (Å²) in [6.07, 6.45) is 3.45. The molecule has 1 aromatic heterocycles. The molecule has 1 aromatic carbocycles. The molecular formula is C19H19N3O3. The molecule has 1 aliphatic rings. The summed E-state index contributed by atoms with van der Waals surface area (Å²) in [5.74, 6) is -0.776. The predicted octanol–water partition coefficient (Wildman–Crippen LogP) is 2.03. The lowest BCUT2D eigenvalue weighted by atomic mass is 10.1. The van der Waals surface area contributed by atoms with Crippen LogP contribution in [0.15, 0.2) is 42.7 Å². The van der Waals surface area contributed by atoms with Gasteiger partial charge < -0.3 is 4.90 Å². The van der Waals surface area contributed by atoms with E-state index in [9.17, 15) is 14.4 Å². The van der Waals surface area contributed by atoms with Crippen molar-refractivity contribution in [3.8, 4) is 0 Å². The number of benzene rings is 1. The first kappa shape index (κ1) is 16.8. The van der Waals surface area contributed by atoms with Crippen LogP contribution in [-0.2, 0) is 11.3 Å². The van der Waals surface area contributed by atoms with Gasteiger partial charge in [0, 0.05) is 39.0 Å². The summed E-state index contributed by atoms with van der Waals surface area (Å²) in [5.41, 5.74) is 2.73. The van der Waals surface area contributed by atoms with Crippen molar-refractivity contribution in [3.63, 3.8) is 0 Å². The molecule has 128 valence electrons. The summed E-state index contributed by atoms with van der Waals surface area (Å²) in [4.78, 5) is 43.8. The number of carbonyl (C=O) groups excluding carboxylic acids is 3. The summed E-state index contributed by atoms with van der Waals surface area (Å²) in [6, 6.07) is 8.88. The standard InChI is InChI=1S/C19H19N3O3/c1-13-3-4-15-16(11-13)19(25)22(18(15)24)10-7-17(23)21(2)12-14-5-8-20-9-6-14/h3-6,8-9,11H,7,10,12H2,1-2H3. The van der Waals surface area contributed by atoms with Crippen LogP contribution in [0.3, 0.4) is 0 Å². The van der Waals surface area contributed by atoms with Crippen molar-refractivity contribution in [2.75, 3.05) is 13.6 Å². The van der Waals surface area contributed by atoms with Crippen LogP contribution in [0.1, 0.15) is 38.3 Å². The molecule has 2 heterocycles. The molecule has 0 atom stereocenters. The Hall–Kier alpha value is -3.02. The van der Waals surface area contributed by atoms with E-state index in [4.69, 9.17) is 0 Å². The Kier molecular flexibility index (Phi) is 4.61. The molecule has 0 N–H and O–H groups in total. The van der Waals surface area contributed by atoms with Crippen LogP contribution in [0, 0.1) is 6.92 Å². The molecule has 6 nitrogen and oxygen atoms in total. The van der Waals surface area contributed by atoms with Crippen LogP contribution < -0.4 is 0 Å². The Morgan fingerprint density at radius 3 is 2.48 bits per heavy atom. The van der Waals surface area contributed by atoms with Crippen LogP contribution in [0.2, 0.25) is 0 Å². The van der Waals surface area contributed by atoms with Gasteiger partial charge >= 0.3 is 0 Å². The second kappa shape index (κ2) is 6.84. The molecule has 0 aliphatic carbocycles. The summed E-state index contributed by atoms with van der Waals surface area (Å²) < 4.78 is 0. The number of pyridine rings is 1. The van der Waals surface area contributed by atoms with Gasteiger partial charge in [-0.2, -0.15) is 0 Å². The zero-order valence-electron chi connectivity index (χ0n) is 14.2. The van der Waals surface area contributed by atoms with E-state index in [0.29, 0.717) is 17.7 Å². The van der Waals surface area contributed by atoms with Crippen LogP contribution >= 0.6 is 0 Å². The van der Waals surface area contributed by atoms with E-state index < -0.39 is 0 Å². The fourth-order valence-electron chi connectivity index (χ4n) is 2.86. The van der Waals surface area contributed by atoms with Crippen LogP contribution in [0.4, 0.5) is 0 Å². The number of hydrogen-bond acceptors (Lipinski definition) is 4. The summed E-state index contributed by atoms with van der Waals surface area (Å²) in [5, 5.41) is 0. The van der Waals surface area contributed by atoms with E-state index in [0.717, 1.165) is 16.0 Å². The molecule has 2 aromatic rings. The van der Waals surface area contributed by atoms with E-state index in [2.05, 4.69) is 4.98 Å². The first-order valence-corrected chi connectivity index (χ1v) is 8.07. The minimum Gasteiger partial charge on any atom is -0.341 e. The quantitative estimate of drug-likeness (QED) is 0.783. The number of rotatable bonds is 5. The third kappa shape index (κ3) is 3.42. The maximum absolute atomic E-state index is 12.4. The number of aromatic nitrogens is 1. The lowest BCUT2D eigenvalue weighted by Crippen LogP contribution is -2.35.